The van der Waals surface area contributed by atoms with E-state index in [4.69, 9.17) is 21.1 Å². The highest BCUT2D eigenvalue weighted by molar-refractivity contribution is 8.12. The van der Waals surface area contributed by atoms with E-state index in [2.05, 4.69) is 5.09 Å². The summed E-state index contributed by atoms with van der Waals surface area (Å²) in [5.74, 6) is 0.392. The summed E-state index contributed by atoms with van der Waals surface area (Å²) in [5, 5.41) is 2.92. The molecule has 1 aromatic rings. The van der Waals surface area contributed by atoms with Gasteiger partial charge in [-0.2, -0.15) is 0 Å². The summed E-state index contributed by atoms with van der Waals surface area (Å²) in [5.41, 5.74) is 0. The molecule has 0 aliphatic rings. The van der Waals surface area contributed by atoms with Crippen LogP contribution in [0.25, 0.3) is 0 Å². The van der Waals surface area contributed by atoms with E-state index in [0.717, 1.165) is 0 Å². The van der Waals surface area contributed by atoms with E-state index in [1.807, 2.05) is 65.0 Å². The summed E-state index contributed by atoms with van der Waals surface area (Å²) in [4.78, 5) is 12.0. The molecule has 1 rings (SSSR count). The number of nitrogens with one attached hydrogen (secondary N) is 1. The molecule has 0 fully saturated rings. The van der Waals surface area contributed by atoms with Gasteiger partial charge in [-0.05, 0) is 44.7 Å². The van der Waals surface area contributed by atoms with E-state index in [0.29, 0.717) is 5.75 Å². The van der Waals surface area contributed by atoms with Gasteiger partial charge in [-0.1, -0.05) is 39.0 Å². The van der Waals surface area contributed by atoms with Crippen molar-refractivity contribution in [2.45, 2.75) is 58.8 Å². The molecular weight excluding hydrogens is 317 g/mol. The molecule has 0 aliphatic carbocycles. The van der Waals surface area contributed by atoms with Crippen LogP contribution < -0.4 is 9.61 Å². The number of carbonyl (C=O) groups excluding carboxylic acids is 1. The molecule has 4 nitrogen and oxygen atoms in total. The quantitative estimate of drug-likeness (QED) is 0.622. The van der Waals surface area contributed by atoms with Crippen LogP contribution in [-0.4, -0.2) is 23.3 Å². The van der Waals surface area contributed by atoms with Gasteiger partial charge in [0.15, 0.2) is 6.42 Å². The predicted molar refractivity (Wildman–Crippen MR) is 94.9 cm³/mol. The number of hydrogen-bond acceptors (Lipinski definition) is 4. The summed E-state index contributed by atoms with van der Waals surface area (Å²) in [6.07, 6.45) is -2.65. The molecule has 0 saturated heterocycles. The fourth-order valence-electron chi connectivity index (χ4n) is 1.63. The van der Waals surface area contributed by atoms with E-state index < -0.39 is 12.5 Å². The normalized spacial score (nSPS) is 16.0. The fourth-order valence-corrected chi connectivity index (χ4v) is 4.11. The SMILES string of the molecule is CC(C)OC(=O)[C@@H](C)N[P@@](=S)(Oc1ccccc1)C(C)(C)C. The molecule has 0 radical (unpaired) electrons. The number of esters is 1. The molecule has 0 bridgehead atoms. The van der Waals surface area contributed by atoms with Crippen molar-refractivity contribution in [1.82, 2.24) is 5.09 Å². The van der Waals surface area contributed by atoms with Crippen molar-refractivity contribution < 1.29 is 14.1 Å². The minimum Gasteiger partial charge on any atom is -0.462 e. The Morgan fingerprint density at radius 3 is 2.18 bits per heavy atom. The van der Waals surface area contributed by atoms with Gasteiger partial charge in [-0.25, -0.2) is 5.09 Å². The van der Waals surface area contributed by atoms with Crippen LogP contribution in [0.1, 0.15) is 41.5 Å². The molecule has 0 heterocycles. The second-order valence-electron chi connectivity index (χ2n) is 6.46. The molecule has 0 amide bonds. The molecule has 2 atom stereocenters. The van der Waals surface area contributed by atoms with Gasteiger partial charge >= 0.3 is 5.97 Å². The number of carbonyl (C=O) groups is 1. The van der Waals surface area contributed by atoms with Crippen molar-refractivity contribution in [2.75, 3.05) is 0 Å². The Kier molecular flexibility index (Phi) is 6.60. The monoisotopic (exact) mass is 343 g/mol. The van der Waals surface area contributed by atoms with Gasteiger partial charge in [-0.15, -0.1) is 0 Å². The second kappa shape index (κ2) is 7.58. The van der Waals surface area contributed by atoms with Crippen LogP contribution in [0.3, 0.4) is 0 Å². The average Bonchev–Trinajstić information content (AvgIpc) is 2.37. The number of para-hydroxylation sites is 1. The zero-order valence-electron chi connectivity index (χ0n) is 14.1. The van der Waals surface area contributed by atoms with Crippen molar-refractivity contribution in [3.05, 3.63) is 30.3 Å². The lowest BCUT2D eigenvalue weighted by molar-refractivity contribution is -0.148. The molecule has 124 valence electrons. The van der Waals surface area contributed by atoms with Crippen LogP contribution in [0.15, 0.2) is 30.3 Å². The van der Waals surface area contributed by atoms with E-state index in [9.17, 15) is 4.79 Å². The summed E-state index contributed by atoms with van der Waals surface area (Å²) in [6, 6.07) is 8.93. The van der Waals surface area contributed by atoms with Crippen LogP contribution in [0, 0.1) is 0 Å². The van der Waals surface area contributed by atoms with Crippen molar-refractivity contribution in [3.8, 4) is 5.75 Å². The third-order valence-electron chi connectivity index (χ3n) is 2.93. The van der Waals surface area contributed by atoms with E-state index in [-0.39, 0.29) is 17.2 Å². The first-order valence-electron chi connectivity index (χ1n) is 7.38. The topological polar surface area (TPSA) is 47.6 Å². The third kappa shape index (κ3) is 5.38. The second-order valence-corrected chi connectivity index (χ2v) is 10.9. The summed E-state index contributed by atoms with van der Waals surface area (Å²) in [7, 11) is 0. The molecule has 6 heteroatoms. The van der Waals surface area contributed by atoms with E-state index >= 15 is 0 Å². The predicted octanol–water partition coefficient (Wildman–Crippen LogP) is 4.10. The molecule has 0 unspecified atom stereocenters. The summed E-state index contributed by atoms with van der Waals surface area (Å²) >= 11 is 5.80. The Hall–Kier alpha value is -0.900. The van der Waals surface area contributed by atoms with Gasteiger partial charge in [0, 0.05) is 5.16 Å². The maximum Gasteiger partial charge on any atom is 0.323 e. The standard InChI is InChI=1S/C16H26NO3PS/c1-12(2)19-15(18)13(3)17-21(22,16(4,5)6)20-14-10-8-7-9-11-14/h7-13H,1-6H3,(H,17,22)/t13-,21-/m1/s1. The lowest BCUT2D eigenvalue weighted by atomic mass is 10.3. The smallest absolute Gasteiger partial charge is 0.323 e. The lowest BCUT2D eigenvalue weighted by Gasteiger charge is -2.36. The number of hydrogen-bond donors (Lipinski definition) is 1. The van der Waals surface area contributed by atoms with Gasteiger partial charge in [0.05, 0.1) is 6.10 Å². The maximum atomic E-state index is 12.0. The van der Waals surface area contributed by atoms with Gasteiger partial charge in [0.2, 0.25) is 0 Å². The number of benzene rings is 1. The third-order valence-corrected chi connectivity index (χ3v) is 8.07. The first-order valence-corrected chi connectivity index (χ1v) is 10.1. The highest BCUT2D eigenvalue weighted by atomic mass is 32.4. The highest BCUT2D eigenvalue weighted by Crippen LogP contribution is 2.55. The Morgan fingerprint density at radius 2 is 1.73 bits per heavy atom. The first-order chi connectivity index (χ1) is 10.0. The summed E-state index contributed by atoms with van der Waals surface area (Å²) in [6.45, 7) is 11.5. The van der Waals surface area contributed by atoms with Crippen LogP contribution >= 0.6 is 6.42 Å². The Balaban J connectivity index is 2.94. The minimum atomic E-state index is -2.50. The van der Waals surface area contributed by atoms with Crippen LogP contribution in [0.4, 0.5) is 0 Å². The maximum absolute atomic E-state index is 12.0. The molecule has 1 aromatic carbocycles. The van der Waals surface area contributed by atoms with E-state index in [1.54, 1.807) is 6.92 Å². The molecule has 0 aliphatic heterocycles. The van der Waals surface area contributed by atoms with Crippen molar-refractivity contribution in [2.24, 2.45) is 0 Å². The zero-order chi connectivity index (χ0) is 17.0. The average molecular weight is 343 g/mol. The van der Waals surface area contributed by atoms with E-state index in [1.165, 1.54) is 0 Å². The molecule has 22 heavy (non-hydrogen) atoms. The van der Waals surface area contributed by atoms with Crippen LogP contribution in [-0.2, 0) is 21.3 Å². The molecule has 0 aromatic heterocycles. The van der Waals surface area contributed by atoms with Gasteiger partial charge < -0.3 is 9.26 Å². The first kappa shape index (κ1) is 19.1. The Labute approximate surface area is 138 Å². The van der Waals surface area contributed by atoms with Gasteiger partial charge in [0.1, 0.15) is 11.8 Å². The van der Waals surface area contributed by atoms with Crippen LogP contribution in [0.5, 0.6) is 5.75 Å². The Morgan fingerprint density at radius 1 is 1.18 bits per heavy atom. The Bertz CT molecular complexity index is 540. The molecule has 1 N–H and O–H groups in total. The van der Waals surface area contributed by atoms with Gasteiger partial charge in [0.25, 0.3) is 0 Å². The molecular formula is C16H26NO3PS. The minimum absolute atomic E-state index is 0.153. The summed E-state index contributed by atoms with van der Waals surface area (Å²) < 4.78 is 11.3. The number of ether oxygens (including phenoxy) is 1. The zero-order valence-corrected chi connectivity index (χ0v) is 15.8. The number of rotatable bonds is 6. The molecule has 0 saturated carbocycles. The van der Waals surface area contributed by atoms with Gasteiger partial charge in [-0.3, -0.25) is 4.79 Å². The van der Waals surface area contributed by atoms with Crippen molar-refractivity contribution in [3.63, 3.8) is 0 Å². The lowest BCUT2D eigenvalue weighted by Crippen LogP contribution is -2.40. The van der Waals surface area contributed by atoms with Crippen molar-refractivity contribution in [1.29, 1.82) is 0 Å². The van der Waals surface area contributed by atoms with Crippen molar-refractivity contribution >= 4 is 24.2 Å². The fraction of sp³-hybridized carbons (Fsp3) is 0.562. The molecule has 0 spiro atoms. The van der Waals surface area contributed by atoms with Crippen LogP contribution in [0.2, 0.25) is 0 Å². The highest BCUT2D eigenvalue weighted by Gasteiger charge is 2.37. The largest absolute Gasteiger partial charge is 0.462 e.